The van der Waals surface area contributed by atoms with E-state index in [4.69, 9.17) is 9.47 Å². The van der Waals surface area contributed by atoms with Gasteiger partial charge in [0.25, 0.3) is 0 Å². The molecule has 0 saturated heterocycles. The Labute approximate surface area is 118 Å². The van der Waals surface area contributed by atoms with E-state index in [2.05, 4.69) is 34.2 Å². The maximum atomic E-state index is 5.27. The zero-order valence-corrected chi connectivity index (χ0v) is 11.7. The number of benzene rings is 1. The van der Waals surface area contributed by atoms with Gasteiger partial charge >= 0.3 is 0 Å². The molecule has 1 aromatic carbocycles. The van der Waals surface area contributed by atoms with Gasteiger partial charge in [-0.25, -0.2) is 9.97 Å². The second-order valence-electron chi connectivity index (χ2n) is 5.06. The summed E-state index contributed by atoms with van der Waals surface area (Å²) in [6.07, 6.45) is 3.52. The van der Waals surface area contributed by atoms with Gasteiger partial charge in [-0.05, 0) is 24.5 Å². The van der Waals surface area contributed by atoms with Crippen LogP contribution in [0.5, 0.6) is 0 Å². The topological polar surface area (TPSA) is 44.2 Å². The van der Waals surface area contributed by atoms with Crippen molar-refractivity contribution in [3.8, 4) is 0 Å². The van der Waals surface area contributed by atoms with Crippen LogP contribution < -0.4 is 0 Å². The Morgan fingerprint density at radius 3 is 2.35 bits per heavy atom. The Hall–Kier alpha value is -1.78. The molecule has 104 valence electrons. The number of aromatic nitrogens is 2. The van der Waals surface area contributed by atoms with Gasteiger partial charge < -0.3 is 9.47 Å². The summed E-state index contributed by atoms with van der Waals surface area (Å²) in [5.74, 6) is 0.861. The van der Waals surface area contributed by atoms with E-state index in [0.29, 0.717) is 0 Å². The molecule has 0 atom stereocenters. The predicted molar refractivity (Wildman–Crippen MR) is 75.2 cm³/mol. The summed E-state index contributed by atoms with van der Waals surface area (Å²) in [5, 5.41) is 0. The summed E-state index contributed by atoms with van der Waals surface area (Å²) in [6, 6.07) is 12.3. The Kier molecular flexibility index (Phi) is 3.51. The standard InChI is InChI=1S/C16H18N2O2/c1-19-14(20-2)13-8-11-17-15(18-13)16(9-10-16)12-6-4-3-5-7-12/h3-8,11,14H,9-10H2,1-2H3. The first-order valence-electron chi connectivity index (χ1n) is 6.75. The van der Waals surface area contributed by atoms with Crippen molar-refractivity contribution < 1.29 is 9.47 Å². The minimum Gasteiger partial charge on any atom is -0.350 e. The van der Waals surface area contributed by atoms with E-state index in [1.165, 1.54) is 5.56 Å². The van der Waals surface area contributed by atoms with Crippen LogP contribution in [0, 0.1) is 0 Å². The number of ether oxygens (including phenoxy) is 2. The average Bonchev–Trinajstić information content (AvgIpc) is 3.32. The van der Waals surface area contributed by atoms with Gasteiger partial charge in [0.1, 0.15) is 5.82 Å². The molecule has 0 spiro atoms. The van der Waals surface area contributed by atoms with E-state index in [1.807, 2.05) is 12.1 Å². The van der Waals surface area contributed by atoms with Crippen LogP contribution in [0.15, 0.2) is 42.6 Å². The fraction of sp³-hybridized carbons (Fsp3) is 0.375. The molecule has 4 nitrogen and oxygen atoms in total. The van der Waals surface area contributed by atoms with Crippen molar-refractivity contribution in [3.63, 3.8) is 0 Å². The molecule has 3 rings (SSSR count). The Morgan fingerprint density at radius 1 is 1.05 bits per heavy atom. The van der Waals surface area contributed by atoms with Crippen molar-refractivity contribution >= 4 is 0 Å². The Balaban J connectivity index is 1.97. The zero-order valence-electron chi connectivity index (χ0n) is 11.7. The normalized spacial score (nSPS) is 16.4. The molecular weight excluding hydrogens is 252 g/mol. The number of rotatable bonds is 5. The van der Waals surface area contributed by atoms with E-state index in [-0.39, 0.29) is 5.41 Å². The molecular formula is C16H18N2O2. The van der Waals surface area contributed by atoms with Crippen molar-refractivity contribution in [2.45, 2.75) is 24.5 Å². The van der Waals surface area contributed by atoms with Gasteiger partial charge in [-0.1, -0.05) is 30.3 Å². The molecule has 1 aliphatic carbocycles. The fourth-order valence-corrected chi connectivity index (χ4v) is 2.60. The van der Waals surface area contributed by atoms with Crippen LogP contribution >= 0.6 is 0 Å². The number of hydrogen-bond donors (Lipinski definition) is 0. The lowest BCUT2D eigenvalue weighted by atomic mass is 9.95. The third-order valence-electron chi connectivity index (χ3n) is 3.85. The summed E-state index contributed by atoms with van der Waals surface area (Å²) < 4.78 is 10.5. The maximum Gasteiger partial charge on any atom is 0.200 e. The van der Waals surface area contributed by atoms with E-state index in [9.17, 15) is 0 Å². The molecule has 1 heterocycles. The maximum absolute atomic E-state index is 5.27. The monoisotopic (exact) mass is 270 g/mol. The zero-order chi connectivity index (χ0) is 14.0. The molecule has 20 heavy (non-hydrogen) atoms. The van der Waals surface area contributed by atoms with Crippen LogP contribution in [0.2, 0.25) is 0 Å². The van der Waals surface area contributed by atoms with E-state index < -0.39 is 6.29 Å². The molecule has 1 aromatic heterocycles. The minimum absolute atomic E-state index is 0.0245. The van der Waals surface area contributed by atoms with Crippen molar-refractivity contribution in [1.29, 1.82) is 0 Å². The molecule has 4 heteroatoms. The number of methoxy groups -OCH3 is 2. The quantitative estimate of drug-likeness (QED) is 0.784. The third-order valence-corrected chi connectivity index (χ3v) is 3.85. The van der Waals surface area contributed by atoms with E-state index >= 15 is 0 Å². The van der Waals surface area contributed by atoms with Crippen molar-refractivity contribution in [1.82, 2.24) is 9.97 Å². The smallest absolute Gasteiger partial charge is 0.200 e. The Bertz CT molecular complexity index is 578. The third kappa shape index (κ3) is 2.21. The number of nitrogens with zero attached hydrogens (tertiary/aromatic N) is 2. The molecule has 0 unspecified atom stereocenters. The summed E-state index contributed by atoms with van der Waals surface area (Å²) >= 11 is 0. The van der Waals surface area contributed by atoms with Crippen molar-refractivity contribution in [3.05, 3.63) is 59.7 Å². The van der Waals surface area contributed by atoms with Crippen molar-refractivity contribution in [2.75, 3.05) is 14.2 Å². The largest absolute Gasteiger partial charge is 0.350 e. The average molecular weight is 270 g/mol. The molecule has 0 amide bonds. The van der Waals surface area contributed by atoms with Crippen LogP contribution in [-0.2, 0) is 14.9 Å². The first-order valence-corrected chi connectivity index (χ1v) is 6.75. The molecule has 1 fully saturated rings. The van der Waals surface area contributed by atoms with E-state index in [0.717, 1.165) is 24.4 Å². The molecule has 1 aliphatic rings. The predicted octanol–water partition coefficient (Wildman–Crippen LogP) is 2.85. The van der Waals surface area contributed by atoms with Gasteiger partial charge in [0.2, 0.25) is 6.29 Å². The summed E-state index contributed by atoms with van der Waals surface area (Å²) in [6.45, 7) is 0. The Morgan fingerprint density at radius 2 is 1.75 bits per heavy atom. The lowest BCUT2D eigenvalue weighted by Gasteiger charge is -2.17. The molecule has 0 bridgehead atoms. The van der Waals surface area contributed by atoms with Gasteiger partial charge in [-0.15, -0.1) is 0 Å². The second kappa shape index (κ2) is 5.31. The van der Waals surface area contributed by atoms with Gasteiger partial charge in [0.05, 0.1) is 11.1 Å². The van der Waals surface area contributed by atoms with Gasteiger partial charge in [0.15, 0.2) is 0 Å². The molecule has 0 radical (unpaired) electrons. The lowest BCUT2D eigenvalue weighted by molar-refractivity contribution is -0.108. The molecule has 0 N–H and O–H groups in total. The van der Waals surface area contributed by atoms with Gasteiger partial charge in [-0.2, -0.15) is 0 Å². The fourth-order valence-electron chi connectivity index (χ4n) is 2.60. The summed E-state index contributed by atoms with van der Waals surface area (Å²) in [5.41, 5.74) is 2.02. The van der Waals surface area contributed by atoms with Crippen LogP contribution in [-0.4, -0.2) is 24.2 Å². The molecule has 2 aromatic rings. The van der Waals surface area contributed by atoms with Gasteiger partial charge in [0, 0.05) is 20.4 Å². The van der Waals surface area contributed by atoms with Crippen LogP contribution in [0.4, 0.5) is 0 Å². The summed E-state index contributed by atoms with van der Waals surface area (Å²) in [4.78, 5) is 9.14. The molecule has 1 saturated carbocycles. The number of hydrogen-bond acceptors (Lipinski definition) is 4. The van der Waals surface area contributed by atoms with Crippen LogP contribution in [0.25, 0.3) is 0 Å². The highest BCUT2D eigenvalue weighted by atomic mass is 16.7. The highest BCUT2D eigenvalue weighted by molar-refractivity contribution is 5.39. The van der Waals surface area contributed by atoms with Crippen LogP contribution in [0.1, 0.15) is 36.2 Å². The SMILES string of the molecule is COC(OC)c1ccnc(C2(c3ccccc3)CC2)n1. The first kappa shape index (κ1) is 13.2. The van der Waals surface area contributed by atoms with E-state index in [1.54, 1.807) is 20.4 Å². The van der Waals surface area contributed by atoms with Gasteiger partial charge in [-0.3, -0.25) is 0 Å². The minimum atomic E-state index is -0.441. The highest BCUT2D eigenvalue weighted by Crippen LogP contribution is 2.52. The summed E-state index contributed by atoms with van der Waals surface area (Å²) in [7, 11) is 3.22. The van der Waals surface area contributed by atoms with Crippen LogP contribution in [0.3, 0.4) is 0 Å². The lowest BCUT2D eigenvalue weighted by Crippen LogP contribution is -2.16. The first-order chi connectivity index (χ1) is 9.80. The second-order valence-corrected chi connectivity index (χ2v) is 5.06. The molecule has 0 aliphatic heterocycles. The highest BCUT2D eigenvalue weighted by Gasteiger charge is 2.48. The van der Waals surface area contributed by atoms with Crippen molar-refractivity contribution in [2.24, 2.45) is 0 Å².